The molecule has 0 aliphatic heterocycles. The summed E-state index contributed by atoms with van der Waals surface area (Å²) < 4.78 is 2.28. The van der Waals surface area contributed by atoms with E-state index in [1.807, 2.05) is 0 Å². The summed E-state index contributed by atoms with van der Waals surface area (Å²) in [6.45, 7) is 0. The fraction of sp³-hybridized carbons (Fsp3) is 0.0211. The predicted molar refractivity (Wildman–Crippen MR) is 402 cm³/mol. The lowest BCUT2D eigenvalue weighted by Gasteiger charge is -2.49. The van der Waals surface area contributed by atoms with Crippen molar-refractivity contribution < 1.29 is 0 Å². The number of hydrogen-bond donors (Lipinski definition) is 0. The largest absolute Gasteiger partial charge is 0.292 e. The van der Waals surface area contributed by atoms with E-state index in [9.17, 15) is 0 Å². The maximum atomic E-state index is 5.26. The zero-order valence-electron chi connectivity index (χ0n) is 53.0. The van der Waals surface area contributed by atoms with E-state index in [4.69, 9.17) is 4.98 Å². The third kappa shape index (κ3) is 7.93. The Balaban J connectivity index is 0.861. The standard InChI is InChI=1S/C95H60N2/c1-4-26-62(27-5-1)69-32-10-12-38-75(69)91-78-56-53-66(67-54-57-87-88(60-67)95(83-42-20-16-36-73(83)74-37-17-21-43-84(74)95)86-45-23-22-44-85(86)94(87)81-40-18-14-34-71(81)72-35-15-19-41-82(72)94)59-80(78)92(76-39-13-11-33-70(76)63-28-6-2-7-29-63)77-55-52-65(58-79(77)91)61-48-50-64(51-49-61)93-96-89-46-24-25-47-90(89)97(93)68-30-8-3-9-31-68/h1-60H. The summed E-state index contributed by atoms with van der Waals surface area (Å²) in [5, 5.41) is 4.74. The van der Waals surface area contributed by atoms with Crippen LogP contribution in [-0.4, -0.2) is 9.55 Å². The van der Waals surface area contributed by atoms with Gasteiger partial charge in [-0.15, -0.1) is 0 Å². The summed E-state index contributed by atoms with van der Waals surface area (Å²) in [6, 6.07) is 137. The highest BCUT2D eigenvalue weighted by Gasteiger charge is 2.59. The zero-order valence-corrected chi connectivity index (χ0v) is 53.0. The van der Waals surface area contributed by atoms with Gasteiger partial charge < -0.3 is 0 Å². The van der Waals surface area contributed by atoms with Crippen LogP contribution in [0.15, 0.2) is 364 Å². The fourth-order valence-electron chi connectivity index (χ4n) is 17.6. The molecule has 0 fully saturated rings. The summed E-state index contributed by atoms with van der Waals surface area (Å²) in [5.41, 5.74) is 32.8. The summed E-state index contributed by atoms with van der Waals surface area (Å²) in [6.07, 6.45) is 0. The molecule has 0 amide bonds. The summed E-state index contributed by atoms with van der Waals surface area (Å²) in [7, 11) is 0. The first-order valence-electron chi connectivity index (χ1n) is 33.8. The molecule has 2 nitrogen and oxygen atoms in total. The Hall–Kier alpha value is -12.5. The van der Waals surface area contributed by atoms with Crippen LogP contribution in [0.2, 0.25) is 0 Å². The highest BCUT2D eigenvalue weighted by atomic mass is 15.1. The molecular weight excluding hydrogens is 1170 g/mol. The van der Waals surface area contributed by atoms with Gasteiger partial charge in [-0.25, -0.2) is 4.98 Å². The lowest BCUT2D eigenvalue weighted by atomic mass is 9.52. The molecule has 3 aliphatic carbocycles. The molecule has 2 spiro atoms. The van der Waals surface area contributed by atoms with Crippen LogP contribution in [0.25, 0.3) is 139 Å². The maximum Gasteiger partial charge on any atom is 0.145 e. The molecule has 0 unspecified atom stereocenters. The van der Waals surface area contributed by atoms with Crippen molar-refractivity contribution in [1.29, 1.82) is 0 Å². The first-order chi connectivity index (χ1) is 48.1. The third-order valence-corrected chi connectivity index (χ3v) is 21.5. The molecule has 3 aliphatic rings. The quantitative estimate of drug-likeness (QED) is 0.139. The van der Waals surface area contributed by atoms with Crippen molar-refractivity contribution in [3.05, 3.63) is 408 Å². The highest BCUT2D eigenvalue weighted by molar-refractivity contribution is 6.24. The SMILES string of the molecule is c1ccc(-c2ccccc2-c2c3ccc(-c4ccc5c(c4)C4(c6ccccc6-c6ccccc64)c4ccccc4C54c5ccccc5-c5ccccc54)cc3c(-c3ccccc3-c3ccccc3)c3ccc(-c4ccc(-c5nc6ccccc6n5-c5ccccc5)cc4)cc23)cc1. The number of para-hydroxylation sites is 3. The third-order valence-electron chi connectivity index (χ3n) is 21.5. The van der Waals surface area contributed by atoms with Gasteiger partial charge in [0.25, 0.3) is 0 Å². The van der Waals surface area contributed by atoms with Gasteiger partial charge in [0.05, 0.1) is 21.9 Å². The number of fused-ring (bicyclic) bond motifs is 19. The lowest BCUT2D eigenvalue weighted by Crippen LogP contribution is -2.43. The Kier molecular flexibility index (Phi) is 12.2. The normalized spacial score (nSPS) is 13.3. The van der Waals surface area contributed by atoms with Crippen LogP contribution < -0.4 is 0 Å². The average molecular weight is 1230 g/mol. The van der Waals surface area contributed by atoms with Crippen molar-refractivity contribution >= 4 is 32.6 Å². The first kappa shape index (κ1) is 55.0. The van der Waals surface area contributed by atoms with Crippen LogP contribution in [0, 0.1) is 0 Å². The molecule has 17 aromatic rings. The Labute approximate surface area is 564 Å². The topological polar surface area (TPSA) is 17.8 Å². The van der Waals surface area contributed by atoms with Gasteiger partial charge in [0.15, 0.2) is 0 Å². The van der Waals surface area contributed by atoms with Crippen LogP contribution in [0.3, 0.4) is 0 Å². The molecule has 0 saturated heterocycles. The average Bonchev–Trinajstić information content (AvgIpc) is 1.54. The Bertz CT molecular complexity index is 5960. The van der Waals surface area contributed by atoms with Gasteiger partial charge in [-0.05, 0) is 198 Å². The van der Waals surface area contributed by atoms with Gasteiger partial charge in [-0.3, -0.25) is 4.57 Å². The second kappa shape index (κ2) is 21.5. The van der Waals surface area contributed by atoms with Gasteiger partial charge in [-0.1, -0.05) is 322 Å². The molecule has 0 saturated carbocycles. The van der Waals surface area contributed by atoms with E-state index < -0.39 is 10.8 Å². The molecule has 0 N–H and O–H groups in total. The van der Waals surface area contributed by atoms with E-state index in [0.717, 1.165) is 44.8 Å². The van der Waals surface area contributed by atoms with Crippen LogP contribution in [0.1, 0.15) is 44.5 Å². The number of aromatic nitrogens is 2. The van der Waals surface area contributed by atoms with E-state index in [2.05, 4.69) is 369 Å². The number of rotatable bonds is 8. The molecule has 0 bridgehead atoms. The Morgan fingerprint density at radius 3 is 1.04 bits per heavy atom. The maximum absolute atomic E-state index is 5.26. The van der Waals surface area contributed by atoms with Crippen LogP contribution in [0.4, 0.5) is 0 Å². The molecule has 1 aromatic heterocycles. The number of benzene rings is 16. The fourth-order valence-corrected chi connectivity index (χ4v) is 17.6. The van der Waals surface area contributed by atoms with E-state index >= 15 is 0 Å². The number of nitrogens with zero attached hydrogens (tertiary/aromatic N) is 2. The minimum absolute atomic E-state index is 0.588. The summed E-state index contributed by atoms with van der Waals surface area (Å²) in [4.78, 5) is 5.26. The molecule has 2 heteroatoms. The van der Waals surface area contributed by atoms with Crippen LogP contribution in [0.5, 0.6) is 0 Å². The predicted octanol–water partition coefficient (Wildman–Crippen LogP) is 24.0. The monoisotopic (exact) mass is 1230 g/mol. The van der Waals surface area contributed by atoms with Gasteiger partial charge >= 0.3 is 0 Å². The lowest BCUT2D eigenvalue weighted by molar-refractivity contribution is 0.633. The van der Waals surface area contributed by atoms with Crippen molar-refractivity contribution in [3.63, 3.8) is 0 Å². The van der Waals surface area contributed by atoms with Crippen LogP contribution in [-0.2, 0) is 10.8 Å². The molecule has 0 atom stereocenters. The van der Waals surface area contributed by atoms with Crippen molar-refractivity contribution in [2.75, 3.05) is 0 Å². The van der Waals surface area contributed by atoms with E-state index in [-0.39, 0.29) is 0 Å². The van der Waals surface area contributed by atoms with Gasteiger partial charge in [0, 0.05) is 11.3 Å². The van der Waals surface area contributed by atoms with E-state index in [1.54, 1.807) is 0 Å². The molecule has 16 aromatic carbocycles. The van der Waals surface area contributed by atoms with Crippen LogP contribution >= 0.6 is 0 Å². The van der Waals surface area contributed by atoms with Crippen molar-refractivity contribution in [2.45, 2.75) is 10.8 Å². The number of hydrogen-bond acceptors (Lipinski definition) is 1. The molecule has 1 heterocycles. The first-order valence-corrected chi connectivity index (χ1v) is 33.8. The molecule has 20 rings (SSSR count). The Morgan fingerprint density at radius 1 is 0.206 bits per heavy atom. The second-order valence-electron chi connectivity index (χ2n) is 26.3. The second-order valence-corrected chi connectivity index (χ2v) is 26.3. The summed E-state index contributed by atoms with van der Waals surface area (Å²) >= 11 is 0. The molecule has 97 heavy (non-hydrogen) atoms. The van der Waals surface area contributed by atoms with Crippen molar-refractivity contribution in [3.8, 4) is 106 Å². The zero-order chi connectivity index (χ0) is 63.8. The summed E-state index contributed by atoms with van der Waals surface area (Å²) in [5.74, 6) is 0.911. The smallest absolute Gasteiger partial charge is 0.145 e. The number of imidazole rings is 1. The van der Waals surface area contributed by atoms with E-state index in [0.29, 0.717) is 0 Å². The van der Waals surface area contributed by atoms with Crippen molar-refractivity contribution in [1.82, 2.24) is 9.55 Å². The van der Waals surface area contributed by atoms with Gasteiger partial charge in [0.1, 0.15) is 5.82 Å². The molecule has 0 radical (unpaired) electrons. The molecule has 450 valence electrons. The molecular formula is C95H60N2. The Morgan fingerprint density at radius 2 is 0.546 bits per heavy atom. The van der Waals surface area contributed by atoms with Gasteiger partial charge in [0.2, 0.25) is 0 Å². The van der Waals surface area contributed by atoms with Crippen molar-refractivity contribution in [2.24, 2.45) is 0 Å². The minimum Gasteiger partial charge on any atom is -0.292 e. The highest BCUT2D eigenvalue weighted by Crippen LogP contribution is 2.68. The van der Waals surface area contributed by atoms with Gasteiger partial charge in [-0.2, -0.15) is 0 Å². The van der Waals surface area contributed by atoms with E-state index in [1.165, 1.54) is 138 Å². The minimum atomic E-state index is -0.634.